The van der Waals surface area contributed by atoms with E-state index in [2.05, 4.69) is 9.69 Å². The van der Waals surface area contributed by atoms with Crippen molar-refractivity contribution in [3.05, 3.63) is 69.7 Å². The normalized spacial score (nSPS) is 12.5. The summed E-state index contributed by atoms with van der Waals surface area (Å²) >= 11 is 0. The van der Waals surface area contributed by atoms with E-state index in [1.165, 1.54) is 0 Å². The van der Waals surface area contributed by atoms with Crippen LogP contribution in [-0.4, -0.2) is 0 Å². The van der Waals surface area contributed by atoms with E-state index in [0.29, 0.717) is 43.4 Å². The van der Waals surface area contributed by atoms with Gasteiger partial charge in [0, 0.05) is 21.8 Å². The van der Waals surface area contributed by atoms with Gasteiger partial charge in [0.1, 0.15) is 0 Å². The van der Waals surface area contributed by atoms with Gasteiger partial charge in [0.05, 0.1) is 25.3 Å². The summed E-state index contributed by atoms with van der Waals surface area (Å²) in [5, 5.41) is 21.9. The molecule has 3 aromatic carbocycles. The highest BCUT2D eigenvalue weighted by Crippen LogP contribution is 2.21. The topological polar surface area (TPSA) is 108 Å². The van der Waals surface area contributed by atoms with E-state index in [1.807, 2.05) is 12.1 Å². The van der Waals surface area contributed by atoms with Crippen molar-refractivity contribution < 1.29 is 0 Å². The van der Waals surface area contributed by atoms with E-state index >= 15 is 0 Å². The fraction of sp³-hybridized carbons (Fsp3) is 0. The van der Waals surface area contributed by atoms with Crippen LogP contribution in [0.1, 0.15) is 0 Å². The molecule has 0 aliphatic heterocycles. The summed E-state index contributed by atoms with van der Waals surface area (Å²) in [5.41, 5.74) is 12.5. The van der Waals surface area contributed by atoms with Crippen molar-refractivity contribution in [2.75, 3.05) is 11.5 Å². The van der Waals surface area contributed by atoms with Gasteiger partial charge in [-0.1, -0.05) is 12.1 Å². The quantitative estimate of drug-likeness (QED) is 0.373. The fourth-order valence-electron chi connectivity index (χ4n) is 3.05. The largest absolute Gasteiger partial charge is 0.399 e. The average Bonchev–Trinajstić information content (AvgIpc) is 2.64. The maximum absolute atomic E-state index is 9.43. The molecular formula is C20H10N6. The van der Waals surface area contributed by atoms with Gasteiger partial charge < -0.3 is 11.5 Å². The SMILES string of the molecule is [C-]#[N+]/C(C#N)=c1\c2cc(N)ccc2/c(=C(/C#N)[N+]#[C-])c2cc(N)ccc12. The molecule has 0 heterocycles. The second-order valence-corrected chi connectivity index (χ2v) is 5.50. The Morgan fingerprint density at radius 1 is 0.731 bits per heavy atom. The van der Waals surface area contributed by atoms with E-state index in [-0.39, 0.29) is 11.4 Å². The van der Waals surface area contributed by atoms with Crippen molar-refractivity contribution in [1.29, 1.82) is 10.5 Å². The van der Waals surface area contributed by atoms with Gasteiger partial charge in [-0.2, -0.15) is 0 Å². The molecule has 0 unspecified atom stereocenters. The lowest BCUT2D eigenvalue weighted by Crippen LogP contribution is -2.18. The van der Waals surface area contributed by atoms with Crippen molar-refractivity contribution in [2.24, 2.45) is 0 Å². The molecule has 3 aromatic rings. The number of hydrogen-bond donors (Lipinski definition) is 2. The molecule has 120 valence electrons. The first-order chi connectivity index (χ1) is 12.5. The van der Waals surface area contributed by atoms with Gasteiger partial charge in [0.25, 0.3) is 11.4 Å². The zero-order chi connectivity index (χ0) is 18.8. The summed E-state index contributed by atoms with van der Waals surface area (Å²) in [5.74, 6) is 0. The maximum Gasteiger partial charge on any atom is 0.270 e. The van der Waals surface area contributed by atoms with Gasteiger partial charge >= 0.3 is 0 Å². The highest BCUT2D eigenvalue weighted by Gasteiger charge is 2.13. The van der Waals surface area contributed by atoms with Crippen LogP contribution in [0.15, 0.2) is 36.4 Å². The molecule has 0 atom stereocenters. The number of fused-ring (bicyclic) bond motifs is 2. The predicted molar refractivity (Wildman–Crippen MR) is 101 cm³/mol. The van der Waals surface area contributed by atoms with E-state index in [9.17, 15) is 10.5 Å². The van der Waals surface area contributed by atoms with Crippen molar-refractivity contribution in [3.63, 3.8) is 0 Å². The highest BCUT2D eigenvalue weighted by atomic mass is 14.7. The lowest BCUT2D eigenvalue weighted by Gasteiger charge is -2.10. The first kappa shape index (κ1) is 16.3. The number of nitriles is 2. The lowest BCUT2D eigenvalue weighted by atomic mass is 9.95. The van der Waals surface area contributed by atoms with Crippen LogP contribution in [0.25, 0.3) is 42.6 Å². The van der Waals surface area contributed by atoms with Gasteiger partial charge in [-0.25, -0.2) is 20.2 Å². The minimum absolute atomic E-state index is 0.0942. The van der Waals surface area contributed by atoms with Crippen LogP contribution in [0.2, 0.25) is 0 Å². The summed E-state index contributed by atoms with van der Waals surface area (Å²) in [6.07, 6.45) is 0. The number of benzene rings is 3. The highest BCUT2D eigenvalue weighted by molar-refractivity contribution is 6.06. The molecule has 0 bridgehead atoms. The minimum Gasteiger partial charge on any atom is -0.399 e. The van der Waals surface area contributed by atoms with E-state index < -0.39 is 0 Å². The Bertz CT molecular complexity index is 1240. The van der Waals surface area contributed by atoms with Gasteiger partial charge in [-0.3, -0.25) is 0 Å². The standard InChI is InChI=1S/C20H10N6/c1-25-17(9-21)19-13-5-3-12(24)8-16(13)20(18(10-22)26-2)14-6-4-11(23)7-15(14)19/h3-8H,23-24H2/b19-17-,20-18+. The molecule has 0 spiro atoms. The zero-order valence-electron chi connectivity index (χ0n) is 13.4. The Labute approximate surface area is 148 Å². The third-order valence-corrected chi connectivity index (χ3v) is 4.07. The molecule has 6 heteroatoms. The molecule has 0 aliphatic rings. The van der Waals surface area contributed by atoms with Crippen LogP contribution in [-0.2, 0) is 0 Å². The summed E-state index contributed by atoms with van der Waals surface area (Å²) < 4.78 is 0. The van der Waals surface area contributed by atoms with Crippen LogP contribution >= 0.6 is 0 Å². The predicted octanol–water partition coefficient (Wildman–Crippen LogP) is 2.26. The van der Waals surface area contributed by atoms with Crippen molar-refractivity contribution in [1.82, 2.24) is 0 Å². The Balaban J connectivity index is 2.97. The van der Waals surface area contributed by atoms with Crippen molar-refractivity contribution in [2.45, 2.75) is 0 Å². The Hall–Kier alpha value is -4.52. The molecule has 4 N–H and O–H groups in total. The van der Waals surface area contributed by atoms with Crippen LogP contribution in [0.4, 0.5) is 11.4 Å². The molecule has 0 aliphatic carbocycles. The zero-order valence-corrected chi connectivity index (χ0v) is 13.4. The number of rotatable bonds is 0. The molecule has 26 heavy (non-hydrogen) atoms. The molecule has 6 nitrogen and oxygen atoms in total. The molecule has 0 saturated carbocycles. The van der Waals surface area contributed by atoms with Crippen molar-refractivity contribution >= 4 is 44.3 Å². The first-order valence-corrected chi connectivity index (χ1v) is 7.40. The van der Waals surface area contributed by atoms with Gasteiger partial charge in [0.2, 0.25) is 0 Å². The van der Waals surface area contributed by atoms with E-state index in [0.717, 1.165) is 0 Å². The van der Waals surface area contributed by atoms with Crippen LogP contribution in [0.5, 0.6) is 0 Å². The third kappa shape index (κ3) is 2.33. The molecule has 0 fully saturated rings. The second kappa shape index (κ2) is 6.17. The van der Waals surface area contributed by atoms with Crippen LogP contribution < -0.4 is 21.9 Å². The second-order valence-electron chi connectivity index (χ2n) is 5.50. The summed E-state index contributed by atoms with van der Waals surface area (Å²) in [7, 11) is 0. The Kier molecular flexibility index (Phi) is 3.88. The van der Waals surface area contributed by atoms with Gasteiger partial charge in [0.15, 0.2) is 0 Å². The third-order valence-electron chi connectivity index (χ3n) is 4.07. The smallest absolute Gasteiger partial charge is 0.270 e. The number of nitrogen functional groups attached to an aromatic ring is 2. The van der Waals surface area contributed by atoms with Crippen LogP contribution in [0.3, 0.4) is 0 Å². The Morgan fingerprint density at radius 3 is 1.42 bits per heavy atom. The first-order valence-electron chi connectivity index (χ1n) is 7.40. The average molecular weight is 334 g/mol. The molecule has 0 radical (unpaired) electrons. The summed E-state index contributed by atoms with van der Waals surface area (Å²) in [6.45, 7) is 14.7. The molecular weight excluding hydrogens is 324 g/mol. The molecule has 0 saturated heterocycles. The van der Waals surface area contributed by atoms with E-state index in [1.54, 1.807) is 36.4 Å². The number of anilines is 2. The molecule has 0 aromatic heterocycles. The van der Waals surface area contributed by atoms with Gasteiger partial charge in [-0.15, -0.1) is 0 Å². The maximum atomic E-state index is 9.43. The number of nitrogens with two attached hydrogens (primary N) is 2. The lowest BCUT2D eigenvalue weighted by molar-refractivity contribution is 1.52. The molecule has 3 rings (SSSR count). The fourth-order valence-corrected chi connectivity index (χ4v) is 3.05. The van der Waals surface area contributed by atoms with Crippen LogP contribution in [0, 0.1) is 35.8 Å². The summed E-state index contributed by atoms with van der Waals surface area (Å²) in [6, 6.07) is 13.8. The monoisotopic (exact) mass is 334 g/mol. The summed E-state index contributed by atoms with van der Waals surface area (Å²) in [4.78, 5) is 6.69. The number of hydrogen-bond acceptors (Lipinski definition) is 4. The van der Waals surface area contributed by atoms with E-state index in [4.69, 9.17) is 24.6 Å². The van der Waals surface area contributed by atoms with Gasteiger partial charge in [-0.05, 0) is 45.8 Å². The molecule has 0 amide bonds. The number of nitrogens with zero attached hydrogens (tertiary/aromatic N) is 4. The Morgan fingerprint density at radius 2 is 1.12 bits per heavy atom. The van der Waals surface area contributed by atoms with Crippen molar-refractivity contribution in [3.8, 4) is 12.1 Å². The minimum atomic E-state index is -0.0942.